The van der Waals surface area contributed by atoms with Crippen molar-refractivity contribution >= 4 is 11.6 Å². The molecule has 2 nitrogen and oxygen atoms in total. The molecule has 0 aliphatic rings. The van der Waals surface area contributed by atoms with Crippen LogP contribution in [0, 0.1) is 0 Å². The average Bonchev–Trinajstić information content (AvgIpc) is 2.09. The van der Waals surface area contributed by atoms with Gasteiger partial charge in [-0.05, 0) is 25.0 Å². The van der Waals surface area contributed by atoms with Crippen LogP contribution in [0.25, 0.3) is 0 Å². The van der Waals surface area contributed by atoms with E-state index in [0.717, 1.165) is 17.0 Å². The van der Waals surface area contributed by atoms with E-state index < -0.39 is 0 Å². The Morgan fingerprint density at radius 2 is 2.17 bits per heavy atom. The quantitative estimate of drug-likeness (QED) is 0.708. The van der Waals surface area contributed by atoms with Crippen LogP contribution in [-0.4, -0.2) is 11.2 Å². The highest BCUT2D eigenvalue weighted by molar-refractivity contribution is 6.31. The van der Waals surface area contributed by atoms with Crippen molar-refractivity contribution in [2.75, 3.05) is 0 Å². The number of halogens is 1. The molecule has 0 bridgehead atoms. The van der Waals surface area contributed by atoms with E-state index in [1.165, 1.54) is 0 Å². The Kier molecular flexibility index (Phi) is 3.53. The Morgan fingerprint density at radius 1 is 1.50 bits per heavy atom. The lowest BCUT2D eigenvalue weighted by atomic mass is 10.1. The zero-order valence-corrected chi connectivity index (χ0v) is 7.67. The molecule has 0 spiro atoms. The number of benzene rings is 1. The summed E-state index contributed by atoms with van der Waals surface area (Å²) in [6.07, 6.45) is 0.732. The Bertz CT molecular complexity index is 252. The minimum atomic E-state index is 0.0323. The fourth-order valence-corrected chi connectivity index (χ4v) is 1.25. The maximum Gasteiger partial charge on any atom is 0.0438 e. The highest BCUT2D eigenvalue weighted by Crippen LogP contribution is 2.16. The van der Waals surface area contributed by atoms with Crippen molar-refractivity contribution < 1.29 is 5.21 Å². The molecule has 12 heavy (non-hydrogen) atoms. The Hall–Kier alpha value is -0.570. The van der Waals surface area contributed by atoms with Crippen LogP contribution in [0.1, 0.15) is 12.5 Å². The van der Waals surface area contributed by atoms with Crippen molar-refractivity contribution in [2.24, 2.45) is 0 Å². The molecule has 1 aromatic carbocycles. The third-order valence-electron chi connectivity index (χ3n) is 1.70. The number of hydroxylamine groups is 1. The maximum absolute atomic E-state index is 8.59. The van der Waals surface area contributed by atoms with Gasteiger partial charge in [0.25, 0.3) is 0 Å². The zero-order valence-electron chi connectivity index (χ0n) is 6.92. The Balaban J connectivity index is 2.69. The van der Waals surface area contributed by atoms with Crippen LogP contribution in [-0.2, 0) is 6.42 Å². The van der Waals surface area contributed by atoms with Gasteiger partial charge < -0.3 is 5.21 Å². The van der Waals surface area contributed by atoms with Gasteiger partial charge in [-0.25, -0.2) is 5.48 Å². The van der Waals surface area contributed by atoms with Crippen LogP contribution in [0.2, 0.25) is 5.02 Å². The van der Waals surface area contributed by atoms with Gasteiger partial charge in [0.2, 0.25) is 0 Å². The third kappa shape index (κ3) is 2.48. The summed E-state index contributed by atoms with van der Waals surface area (Å²) in [6, 6.07) is 7.66. The summed E-state index contributed by atoms with van der Waals surface area (Å²) in [6.45, 7) is 1.89. The van der Waals surface area contributed by atoms with Gasteiger partial charge >= 0.3 is 0 Å². The van der Waals surface area contributed by atoms with E-state index in [9.17, 15) is 0 Å². The standard InChI is InChI=1S/C9H12ClNO/c1-7(11-12)6-8-4-2-3-5-9(8)10/h2-5,7,11-12H,6H2,1H3. The molecule has 0 aromatic heterocycles. The highest BCUT2D eigenvalue weighted by atomic mass is 35.5. The molecule has 0 aliphatic carbocycles. The molecule has 0 saturated heterocycles. The first-order chi connectivity index (χ1) is 5.74. The van der Waals surface area contributed by atoms with Crippen LogP contribution >= 0.6 is 11.6 Å². The fraction of sp³-hybridized carbons (Fsp3) is 0.333. The molecule has 1 aromatic rings. The molecule has 1 atom stereocenters. The molecule has 0 amide bonds. The summed E-state index contributed by atoms with van der Waals surface area (Å²) in [5.74, 6) is 0. The van der Waals surface area contributed by atoms with Crippen molar-refractivity contribution in [3.05, 3.63) is 34.9 Å². The largest absolute Gasteiger partial charge is 0.317 e. The van der Waals surface area contributed by atoms with Gasteiger partial charge in [0.15, 0.2) is 0 Å². The lowest BCUT2D eigenvalue weighted by molar-refractivity contribution is 0.133. The number of rotatable bonds is 3. The molecular weight excluding hydrogens is 174 g/mol. The lowest BCUT2D eigenvalue weighted by Gasteiger charge is -2.09. The predicted octanol–water partition coefficient (Wildman–Crippen LogP) is 2.25. The summed E-state index contributed by atoms with van der Waals surface area (Å²) in [5.41, 5.74) is 3.23. The molecule has 0 aliphatic heterocycles. The van der Waals surface area contributed by atoms with Crippen molar-refractivity contribution in [1.82, 2.24) is 5.48 Å². The molecule has 0 saturated carbocycles. The van der Waals surface area contributed by atoms with Crippen LogP contribution < -0.4 is 5.48 Å². The van der Waals surface area contributed by atoms with E-state index in [1.54, 1.807) is 0 Å². The zero-order chi connectivity index (χ0) is 8.97. The van der Waals surface area contributed by atoms with Gasteiger partial charge in [-0.15, -0.1) is 0 Å². The number of hydrogen-bond donors (Lipinski definition) is 2. The van der Waals surface area contributed by atoms with Gasteiger partial charge in [0, 0.05) is 11.1 Å². The molecule has 0 radical (unpaired) electrons. The van der Waals surface area contributed by atoms with Crippen LogP contribution in [0.5, 0.6) is 0 Å². The minimum Gasteiger partial charge on any atom is -0.317 e. The summed E-state index contributed by atoms with van der Waals surface area (Å²) >= 11 is 5.92. The van der Waals surface area contributed by atoms with Gasteiger partial charge in [0.05, 0.1) is 0 Å². The monoisotopic (exact) mass is 185 g/mol. The van der Waals surface area contributed by atoms with Crippen molar-refractivity contribution in [3.8, 4) is 0 Å². The molecule has 2 N–H and O–H groups in total. The van der Waals surface area contributed by atoms with Gasteiger partial charge in [-0.3, -0.25) is 0 Å². The summed E-state index contributed by atoms with van der Waals surface area (Å²) in [4.78, 5) is 0. The summed E-state index contributed by atoms with van der Waals surface area (Å²) in [7, 11) is 0. The first kappa shape index (κ1) is 9.52. The third-order valence-corrected chi connectivity index (χ3v) is 2.07. The van der Waals surface area contributed by atoms with Crippen LogP contribution in [0.3, 0.4) is 0 Å². The smallest absolute Gasteiger partial charge is 0.0438 e. The van der Waals surface area contributed by atoms with Crippen molar-refractivity contribution in [1.29, 1.82) is 0 Å². The topological polar surface area (TPSA) is 32.3 Å². The van der Waals surface area contributed by atoms with Gasteiger partial charge in [-0.2, -0.15) is 0 Å². The van der Waals surface area contributed by atoms with Crippen molar-refractivity contribution in [2.45, 2.75) is 19.4 Å². The Morgan fingerprint density at radius 3 is 2.75 bits per heavy atom. The lowest BCUT2D eigenvalue weighted by Crippen LogP contribution is -2.24. The van der Waals surface area contributed by atoms with E-state index in [1.807, 2.05) is 31.2 Å². The molecule has 0 fully saturated rings. The Labute approximate surface area is 77.1 Å². The van der Waals surface area contributed by atoms with E-state index in [4.69, 9.17) is 16.8 Å². The first-order valence-corrected chi connectivity index (χ1v) is 4.25. The normalized spacial score (nSPS) is 12.9. The second-order valence-corrected chi connectivity index (χ2v) is 3.23. The van der Waals surface area contributed by atoms with E-state index in [-0.39, 0.29) is 6.04 Å². The second-order valence-electron chi connectivity index (χ2n) is 2.83. The molecular formula is C9H12ClNO. The second kappa shape index (κ2) is 4.45. The van der Waals surface area contributed by atoms with E-state index in [0.29, 0.717) is 0 Å². The van der Waals surface area contributed by atoms with Crippen LogP contribution in [0.15, 0.2) is 24.3 Å². The molecule has 66 valence electrons. The molecule has 1 rings (SSSR count). The summed E-state index contributed by atoms with van der Waals surface area (Å²) < 4.78 is 0. The maximum atomic E-state index is 8.59. The summed E-state index contributed by atoms with van der Waals surface area (Å²) in [5, 5.41) is 9.34. The SMILES string of the molecule is CC(Cc1ccccc1Cl)NO. The minimum absolute atomic E-state index is 0.0323. The van der Waals surface area contributed by atoms with Gasteiger partial charge in [0.1, 0.15) is 0 Å². The molecule has 1 unspecified atom stereocenters. The van der Waals surface area contributed by atoms with E-state index in [2.05, 4.69) is 5.48 Å². The van der Waals surface area contributed by atoms with Crippen LogP contribution in [0.4, 0.5) is 0 Å². The average molecular weight is 186 g/mol. The van der Waals surface area contributed by atoms with Crippen molar-refractivity contribution in [3.63, 3.8) is 0 Å². The molecule has 3 heteroatoms. The fourth-order valence-electron chi connectivity index (χ4n) is 1.04. The highest BCUT2D eigenvalue weighted by Gasteiger charge is 2.03. The molecule has 0 heterocycles. The first-order valence-electron chi connectivity index (χ1n) is 3.87. The van der Waals surface area contributed by atoms with Gasteiger partial charge in [-0.1, -0.05) is 29.8 Å². The number of hydrogen-bond acceptors (Lipinski definition) is 2. The number of nitrogens with one attached hydrogen (secondary N) is 1. The van der Waals surface area contributed by atoms with E-state index >= 15 is 0 Å². The predicted molar refractivity (Wildman–Crippen MR) is 49.5 cm³/mol.